The summed E-state index contributed by atoms with van der Waals surface area (Å²) >= 11 is 0. The number of amides is 1. The van der Waals surface area contributed by atoms with Crippen LogP contribution in [0, 0.1) is 5.41 Å². The van der Waals surface area contributed by atoms with Crippen LogP contribution in [0.15, 0.2) is 24.3 Å². The van der Waals surface area contributed by atoms with Crippen molar-refractivity contribution in [2.24, 2.45) is 5.41 Å². The van der Waals surface area contributed by atoms with Crippen molar-refractivity contribution in [1.82, 2.24) is 10.6 Å². The molecule has 146 valence electrons. The summed E-state index contributed by atoms with van der Waals surface area (Å²) in [6.45, 7) is 5.74. The topological polar surface area (TPSA) is 50.4 Å². The molecule has 0 spiro atoms. The van der Waals surface area contributed by atoms with Crippen molar-refractivity contribution < 1.29 is 22.7 Å². The van der Waals surface area contributed by atoms with E-state index in [1.54, 1.807) is 13.2 Å². The molecular formula is C19H27F3N2O2. The molecule has 4 nitrogen and oxygen atoms in total. The van der Waals surface area contributed by atoms with Gasteiger partial charge in [0.05, 0.1) is 17.6 Å². The Kier molecular flexibility index (Phi) is 6.34. The lowest BCUT2D eigenvalue weighted by atomic mass is 9.78. The zero-order valence-electron chi connectivity index (χ0n) is 15.5. The summed E-state index contributed by atoms with van der Waals surface area (Å²) in [5, 5.41) is 6.18. The highest BCUT2D eigenvalue weighted by Crippen LogP contribution is 2.33. The number of benzene rings is 1. The van der Waals surface area contributed by atoms with Crippen LogP contribution in [0.4, 0.5) is 13.2 Å². The van der Waals surface area contributed by atoms with Crippen molar-refractivity contribution in [3.8, 4) is 0 Å². The van der Waals surface area contributed by atoms with Gasteiger partial charge in [0.2, 0.25) is 5.91 Å². The maximum absolute atomic E-state index is 13.0. The number of methoxy groups -OCH3 is 1. The quantitative estimate of drug-likeness (QED) is 0.807. The maximum Gasteiger partial charge on any atom is 0.416 e. The first-order valence-electron chi connectivity index (χ1n) is 8.76. The van der Waals surface area contributed by atoms with Gasteiger partial charge in [0.15, 0.2) is 0 Å². The van der Waals surface area contributed by atoms with Gasteiger partial charge in [-0.25, -0.2) is 0 Å². The first-order valence-corrected chi connectivity index (χ1v) is 8.76. The Bertz CT molecular complexity index is 618. The predicted octanol–water partition coefficient (Wildman–Crippen LogP) is 3.12. The number of carbonyl (C=O) groups excluding carboxylic acids is 1. The molecule has 2 N–H and O–H groups in total. The maximum atomic E-state index is 13.0. The van der Waals surface area contributed by atoms with Gasteiger partial charge in [-0.1, -0.05) is 32.0 Å². The number of carbonyl (C=O) groups is 1. The Balaban J connectivity index is 2.10. The van der Waals surface area contributed by atoms with Crippen molar-refractivity contribution in [2.75, 3.05) is 33.4 Å². The number of hydrogen-bond acceptors (Lipinski definition) is 3. The lowest BCUT2D eigenvalue weighted by Gasteiger charge is -2.37. The molecule has 0 aliphatic carbocycles. The average Bonchev–Trinajstić information content (AvgIpc) is 2.60. The molecule has 0 bridgehead atoms. The molecule has 1 fully saturated rings. The van der Waals surface area contributed by atoms with E-state index in [4.69, 9.17) is 4.74 Å². The molecule has 1 heterocycles. The second-order valence-electron chi connectivity index (χ2n) is 7.61. The number of piperidine rings is 1. The van der Waals surface area contributed by atoms with Crippen molar-refractivity contribution in [1.29, 1.82) is 0 Å². The van der Waals surface area contributed by atoms with E-state index in [2.05, 4.69) is 10.6 Å². The number of ether oxygens (including phenoxy) is 1. The molecule has 0 unspecified atom stereocenters. The third-order valence-corrected chi connectivity index (χ3v) is 5.13. The highest BCUT2D eigenvalue weighted by Gasteiger charge is 2.40. The number of hydrogen-bond donors (Lipinski definition) is 2. The molecule has 1 aromatic rings. The number of rotatable bonds is 6. The zero-order valence-corrected chi connectivity index (χ0v) is 15.5. The SMILES string of the molecule is COCC1(C(=O)NCC(C)(C)c2cccc(C(F)(F)F)c2)CCNCC1. The highest BCUT2D eigenvalue weighted by atomic mass is 19.4. The number of alkyl halides is 3. The van der Waals surface area contributed by atoms with Gasteiger partial charge in [-0.3, -0.25) is 4.79 Å². The molecule has 1 aliphatic heterocycles. The molecule has 2 rings (SSSR count). The van der Waals surface area contributed by atoms with Gasteiger partial charge >= 0.3 is 6.18 Å². The van der Waals surface area contributed by atoms with Crippen molar-refractivity contribution in [3.63, 3.8) is 0 Å². The fourth-order valence-corrected chi connectivity index (χ4v) is 3.33. The van der Waals surface area contributed by atoms with Crippen molar-refractivity contribution >= 4 is 5.91 Å². The Labute approximate surface area is 152 Å². The van der Waals surface area contributed by atoms with Gasteiger partial charge in [0.1, 0.15) is 0 Å². The third-order valence-electron chi connectivity index (χ3n) is 5.13. The molecule has 7 heteroatoms. The predicted molar refractivity (Wildman–Crippen MR) is 93.9 cm³/mol. The van der Waals surface area contributed by atoms with Crippen LogP contribution >= 0.6 is 0 Å². The number of halogens is 3. The normalized spacial score (nSPS) is 17.8. The lowest BCUT2D eigenvalue weighted by Crippen LogP contribution is -2.52. The van der Waals surface area contributed by atoms with E-state index in [1.807, 2.05) is 13.8 Å². The summed E-state index contributed by atoms with van der Waals surface area (Å²) in [4.78, 5) is 12.8. The Morgan fingerprint density at radius 3 is 2.42 bits per heavy atom. The second-order valence-corrected chi connectivity index (χ2v) is 7.61. The molecule has 0 aromatic heterocycles. The van der Waals surface area contributed by atoms with E-state index in [9.17, 15) is 18.0 Å². The van der Waals surface area contributed by atoms with Crippen molar-refractivity contribution in [3.05, 3.63) is 35.4 Å². The standard InChI is InChI=1S/C19H27F3N2O2/c1-17(2,14-5-4-6-15(11-14)19(20,21)22)12-24-16(25)18(13-26-3)7-9-23-10-8-18/h4-6,11,23H,7-10,12-13H2,1-3H3,(H,24,25). The molecule has 26 heavy (non-hydrogen) atoms. The van der Waals surface area contributed by atoms with Gasteiger partial charge in [0, 0.05) is 19.1 Å². The van der Waals surface area contributed by atoms with Gasteiger partial charge in [-0.2, -0.15) is 13.2 Å². The van der Waals surface area contributed by atoms with Crippen molar-refractivity contribution in [2.45, 2.75) is 38.3 Å². The Morgan fingerprint density at radius 1 is 1.23 bits per heavy atom. The van der Waals surface area contributed by atoms with Crippen LogP contribution in [0.5, 0.6) is 0 Å². The molecule has 1 amide bonds. The molecule has 1 aliphatic rings. The molecule has 1 aromatic carbocycles. The third kappa shape index (κ3) is 4.76. The van der Waals surface area contributed by atoms with Crippen LogP contribution in [-0.4, -0.2) is 39.3 Å². The molecule has 0 atom stereocenters. The van der Waals surface area contributed by atoms with Crippen LogP contribution in [-0.2, 0) is 21.1 Å². The van der Waals surface area contributed by atoms with Gasteiger partial charge in [-0.05, 0) is 37.6 Å². The van der Waals surface area contributed by atoms with Crippen LogP contribution in [0.2, 0.25) is 0 Å². The van der Waals surface area contributed by atoms with Gasteiger partial charge in [-0.15, -0.1) is 0 Å². The van der Waals surface area contributed by atoms with E-state index >= 15 is 0 Å². The summed E-state index contributed by atoms with van der Waals surface area (Å²) in [6.07, 6.45) is -3.03. The fraction of sp³-hybridized carbons (Fsp3) is 0.632. The van der Waals surface area contributed by atoms with E-state index in [1.165, 1.54) is 6.07 Å². The van der Waals surface area contributed by atoms with E-state index in [0.29, 0.717) is 25.0 Å². The van der Waals surface area contributed by atoms with E-state index < -0.39 is 22.6 Å². The molecular weight excluding hydrogens is 345 g/mol. The number of nitrogens with one attached hydrogen (secondary N) is 2. The van der Waals surface area contributed by atoms with Crippen LogP contribution < -0.4 is 10.6 Å². The first-order chi connectivity index (χ1) is 12.1. The highest BCUT2D eigenvalue weighted by molar-refractivity contribution is 5.83. The summed E-state index contributed by atoms with van der Waals surface area (Å²) in [6, 6.07) is 5.28. The summed E-state index contributed by atoms with van der Waals surface area (Å²) < 4.78 is 44.1. The van der Waals surface area contributed by atoms with Crippen LogP contribution in [0.25, 0.3) is 0 Å². The van der Waals surface area contributed by atoms with E-state index in [-0.39, 0.29) is 12.5 Å². The first kappa shape index (κ1) is 20.7. The smallest absolute Gasteiger partial charge is 0.384 e. The fourth-order valence-electron chi connectivity index (χ4n) is 3.33. The van der Waals surface area contributed by atoms with Gasteiger partial charge in [0.25, 0.3) is 0 Å². The van der Waals surface area contributed by atoms with Crippen LogP contribution in [0.3, 0.4) is 0 Å². The minimum absolute atomic E-state index is 0.0964. The average molecular weight is 372 g/mol. The van der Waals surface area contributed by atoms with E-state index in [0.717, 1.165) is 25.2 Å². The van der Waals surface area contributed by atoms with Gasteiger partial charge < -0.3 is 15.4 Å². The monoisotopic (exact) mass is 372 g/mol. The minimum atomic E-state index is -4.38. The Morgan fingerprint density at radius 2 is 1.85 bits per heavy atom. The summed E-state index contributed by atoms with van der Waals surface area (Å²) in [5.74, 6) is -0.0964. The molecule has 0 radical (unpaired) electrons. The minimum Gasteiger partial charge on any atom is -0.384 e. The second kappa shape index (κ2) is 7.96. The van der Waals surface area contributed by atoms with Crippen LogP contribution in [0.1, 0.15) is 37.8 Å². The summed E-state index contributed by atoms with van der Waals surface area (Å²) in [5.41, 5.74) is -1.34. The summed E-state index contributed by atoms with van der Waals surface area (Å²) in [7, 11) is 1.57. The Hall–Kier alpha value is -1.60. The molecule has 1 saturated heterocycles. The zero-order chi connectivity index (χ0) is 19.4. The largest absolute Gasteiger partial charge is 0.416 e. The molecule has 0 saturated carbocycles. The lowest BCUT2D eigenvalue weighted by molar-refractivity contribution is -0.138.